The lowest BCUT2D eigenvalue weighted by Gasteiger charge is -2.04. The molecule has 2 heteroatoms. The summed E-state index contributed by atoms with van der Waals surface area (Å²) in [6.07, 6.45) is 58.1. The minimum Gasteiger partial charge on any atom is -0.481 e. The molecule has 0 aromatic carbocycles. The van der Waals surface area contributed by atoms with Crippen molar-refractivity contribution < 1.29 is 9.90 Å². The molecule has 0 aliphatic heterocycles. The second-order valence-electron chi connectivity index (χ2n) is 14.9. The molecule has 282 valence electrons. The Morgan fingerprint density at radius 1 is 0.319 bits per heavy atom. The van der Waals surface area contributed by atoms with E-state index in [1.807, 2.05) is 0 Å². The number of allylic oxidation sites excluding steroid dienone is 2. The summed E-state index contributed by atoms with van der Waals surface area (Å²) in [7, 11) is 0. The van der Waals surface area contributed by atoms with Gasteiger partial charge in [0.05, 0.1) is 0 Å². The molecule has 0 fully saturated rings. The first-order valence-corrected chi connectivity index (χ1v) is 22.1. The Bertz CT molecular complexity index is 544. The maximum atomic E-state index is 10.3. The van der Waals surface area contributed by atoms with Gasteiger partial charge in [0.25, 0.3) is 0 Å². The molecule has 0 atom stereocenters. The molecular weight excluding hydrogens is 572 g/mol. The Morgan fingerprint density at radius 3 is 0.723 bits per heavy atom. The van der Waals surface area contributed by atoms with Gasteiger partial charge in [-0.05, 0) is 32.1 Å². The van der Waals surface area contributed by atoms with Crippen molar-refractivity contribution in [3.63, 3.8) is 0 Å². The second-order valence-corrected chi connectivity index (χ2v) is 14.9. The highest BCUT2D eigenvalue weighted by Gasteiger charge is 1.97. The van der Waals surface area contributed by atoms with Crippen molar-refractivity contribution in [1.29, 1.82) is 0 Å². The molecule has 0 aromatic rings. The Hall–Kier alpha value is -0.790. The Morgan fingerprint density at radius 2 is 0.511 bits per heavy atom. The third-order valence-electron chi connectivity index (χ3n) is 9.86. The molecule has 0 aliphatic carbocycles. The van der Waals surface area contributed by atoms with Gasteiger partial charge in [0.2, 0.25) is 0 Å². The van der Waals surface area contributed by atoms with Crippen molar-refractivity contribution in [3.05, 3.63) is 12.2 Å². The van der Waals surface area contributed by atoms with Crippen LogP contribution in [0.15, 0.2) is 12.2 Å². The predicted octanol–water partition coefficient (Wildman–Crippen LogP) is 16.9. The molecule has 1 N–H and O–H groups in total. The van der Waals surface area contributed by atoms with Gasteiger partial charge < -0.3 is 5.11 Å². The third kappa shape index (κ3) is 52.2. The zero-order chi connectivity index (χ0) is 34.6. The summed E-state index contributed by atoms with van der Waals surface area (Å²) in [6.45, 7) is 6.87. The zero-order valence-electron chi connectivity index (χ0n) is 33.1. The van der Waals surface area contributed by atoms with Gasteiger partial charge in [-0.2, -0.15) is 0 Å². The summed E-state index contributed by atoms with van der Waals surface area (Å²) < 4.78 is 0. The van der Waals surface area contributed by atoms with Crippen LogP contribution in [0.2, 0.25) is 0 Å². The highest BCUT2D eigenvalue weighted by atomic mass is 16.4. The van der Waals surface area contributed by atoms with Gasteiger partial charge in [0.15, 0.2) is 0 Å². The van der Waals surface area contributed by atoms with E-state index in [-0.39, 0.29) is 0 Å². The lowest BCUT2D eigenvalue weighted by molar-refractivity contribution is -0.137. The number of unbranched alkanes of at least 4 members (excludes halogenated alkanes) is 35. The number of hydrogen-bond acceptors (Lipinski definition) is 1. The van der Waals surface area contributed by atoms with Gasteiger partial charge in [-0.1, -0.05) is 245 Å². The second kappa shape index (κ2) is 47.3. The zero-order valence-corrected chi connectivity index (χ0v) is 33.1. The van der Waals surface area contributed by atoms with Crippen molar-refractivity contribution in [2.24, 2.45) is 0 Å². The number of carboxylic acids is 1. The average Bonchev–Trinajstić information content (AvgIpc) is 3.07. The van der Waals surface area contributed by atoms with Gasteiger partial charge in [-0.15, -0.1) is 0 Å². The van der Waals surface area contributed by atoms with Gasteiger partial charge in [0.1, 0.15) is 0 Å². The maximum absolute atomic E-state index is 10.3. The van der Waals surface area contributed by atoms with E-state index in [4.69, 9.17) is 5.11 Å². The molecule has 47 heavy (non-hydrogen) atoms. The van der Waals surface area contributed by atoms with E-state index in [9.17, 15) is 4.79 Å². The van der Waals surface area contributed by atoms with Crippen LogP contribution >= 0.6 is 0 Å². The van der Waals surface area contributed by atoms with Crippen LogP contribution < -0.4 is 0 Å². The molecule has 0 heterocycles. The van der Waals surface area contributed by atoms with Crippen LogP contribution in [0.25, 0.3) is 0 Å². The van der Waals surface area contributed by atoms with E-state index in [2.05, 4.69) is 32.9 Å². The van der Waals surface area contributed by atoms with E-state index in [0.717, 1.165) is 12.8 Å². The molecule has 0 amide bonds. The number of carbonyl (C=O) groups is 1. The van der Waals surface area contributed by atoms with Crippen molar-refractivity contribution in [2.45, 2.75) is 271 Å². The fourth-order valence-electron chi connectivity index (χ4n) is 6.56. The fraction of sp³-hybridized carbons (Fsp3) is 0.933. The van der Waals surface area contributed by atoms with Crippen LogP contribution in [-0.2, 0) is 4.79 Å². The quantitative estimate of drug-likeness (QED) is 0.0525. The number of hydrogen-bond donors (Lipinski definition) is 1. The Labute approximate surface area is 298 Å². The fourth-order valence-corrected chi connectivity index (χ4v) is 6.56. The van der Waals surface area contributed by atoms with Crippen LogP contribution in [0.3, 0.4) is 0 Å². The van der Waals surface area contributed by atoms with Gasteiger partial charge in [0, 0.05) is 6.42 Å². The standard InChI is InChI=1S/C27H56.C18H34O2/c1-3-5-7-9-11-13-15-17-19-21-23-25-27-26-24-22-20-18-16-14-12-10-8-6-4-2;1-2-3-4-5-6-7-8-9-10-11-12-13-14-15-16-17-18(19)20/h3-27H2,1-2H3;9-10H,2-8,11-17H2,1H3,(H,19,20)/b;10-9-. The van der Waals surface area contributed by atoms with Crippen molar-refractivity contribution in [2.75, 3.05) is 0 Å². The minimum absolute atomic E-state index is 0.332. The summed E-state index contributed by atoms with van der Waals surface area (Å²) in [5.74, 6) is -0.664. The maximum Gasteiger partial charge on any atom is 0.303 e. The molecule has 0 spiro atoms. The topological polar surface area (TPSA) is 37.3 Å². The summed E-state index contributed by atoms with van der Waals surface area (Å²) >= 11 is 0. The van der Waals surface area contributed by atoms with Gasteiger partial charge in [-0.25, -0.2) is 0 Å². The summed E-state index contributed by atoms with van der Waals surface area (Å²) in [6, 6.07) is 0. The summed E-state index contributed by atoms with van der Waals surface area (Å²) in [4.78, 5) is 10.3. The third-order valence-corrected chi connectivity index (χ3v) is 9.86. The van der Waals surface area contributed by atoms with Crippen LogP contribution in [0.4, 0.5) is 0 Å². The molecule has 2 nitrogen and oxygen atoms in total. The largest absolute Gasteiger partial charge is 0.481 e. The first-order chi connectivity index (χ1) is 23.2. The smallest absolute Gasteiger partial charge is 0.303 e. The number of carboxylic acid groups (broad SMARTS) is 1. The van der Waals surface area contributed by atoms with E-state index in [1.165, 1.54) is 231 Å². The molecule has 0 rings (SSSR count). The van der Waals surface area contributed by atoms with Crippen LogP contribution in [0.1, 0.15) is 271 Å². The molecule has 0 aromatic heterocycles. The van der Waals surface area contributed by atoms with Crippen LogP contribution in [-0.4, -0.2) is 11.1 Å². The monoisotopic (exact) mass is 663 g/mol. The summed E-state index contributed by atoms with van der Waals surface area (Å²) in [5.41, 5.74) is 0. The first kappa shape index (κ1) is 48.3. The predicted molar refractivity (Wildman–Crippen MR) is 214 cm³/mol. The lowest BCUT2D eigenvalue weighted by atomic mass is 10.0. The molecule has 0 saturated carbocycles. The van der Waals surface area contributed by atoms with Crippen molar-refractivity contribution in [1.82, 2.24) is 0 Å². The van der Waals surface area contributed by atoms with Crippen LogP contribution in [0, 0.1) is 0 Å². The van der Waals surface area contributed by atoms with Crippen molar-refractivity contribution >= 4 is 5.97 Å². The van der Waals surface area contributed by atoms with Gasteiger partial charge >= 0.3 is 5.97 Å². The Balaban J connectivity index is 0. The highest BCUT2D eigenvalue weighted by molar-refractivity contribution is 5.66. The molecule has 0 unspecified atom stereocenters. The van der Waals surface area contributed by atoms with E-state index in [1.54, 1.807) is 0 Å². The van der Waals surface area contributed by atoms with E-state index in [0.29, 0.717) is 6.42 Å². The number of rotatable bonds is 39. The van der Waals surface area contributed by atoms with Gasteiger partial charge in [-0.3, -0.25) is 4.79 Å². The molecule has 0 aliphatic rings. The normalized spacial score (nSPS) is 11.3. The lowest BCUT2D eigenvalue weighted by Crippen LogP contribution is -1.93. The molecule has 0 saturated heterocycles. The SMILES string of the molecule is CCCCCCCC/C=C\CCCCCCCC(=O)O.CCCCCCCCCCCCCCCCCCCCCCCCCCC. The molecular formula is C45H90O2. The first-order valence-electron chi connectivity index (χ1n) is 22.1. The van der Waals surface area contributed by atoms with Crippen LogP contribution in [0.5, 0.6) is 0 Å². The van der Waals surface area contributed by atoms with Crippen molar-refractivity contribution in [3.8, 4) is 0 Å². The van der Waals surface area contributed by atoms with E-state index < -0.39 is 5.97 Å². The minimum atomic E-state index is -0.664. The molecule has 0 radical (unpaired) electrons. The average molecular weight is 663 g/mol. The molecule has 0 bridgehead atoms. The highest BCUT2D eigenvalue weighted by Crippen LogP contribution is 2.16. The number of aliphatic carboxylic acids is 1. The summed E-state index contributed by atoms with van der Waals surface area (Å²) in [5, 5.41) is 8.51. The Kier molecular flexibility index (Phi) is 48.7. The van der Waals surface area contributed by atoms with E-state index >= 15 is 0 Å².